The Morgan fingerprint density at radius 1 is 1.00 bits per heavy atom. The van der Waals surface area contributed by atoms with Gasteiger partial charge >= 0.3 is 0 Å². The number of para-hydroxylation sites is 1. The summed E-state index contributed by atoms with van der Waals surface area (Å²) in [4.78, 5) is 20.6. The molecule has 204 valence electrons. The number of pyridine rings is 1. The lowest BCUT2D eigenvalue weighted by molar-refractivity contribution is -0.00730. The molecule has 40 heavy (non-hydrogen) atoms. The maximum atomic E-state index is 13.3. The molecular weight excluding hydrogens is 500 g/mol. The van der Waals surface area contributed by atoms with Crippen LogP contribution >= 0.6 is 0 Å². The van der Waals surface area contributed by atoms with Crippen LogP contribution in [0, 0.1) is 0 Å². The number of carbonyl (C=O) groups is 1. The Morgan fingerprint density at radius 2 is 1.70 bits per heavy atom. The van der Waals surface area contributed by atoms with Gasteiger partial charge in [0.1, 0.15) is 11.6 Å². The van der Waals surface area contributed by atoms with Gasteiger partial charge in [0.15, 0.2) is 0 Å². The monoisotopic (exact) mass is 534 g/mol. The molecule has 0 radical (unpaired) electrons. The third-order valence-electron chi connectivity index (χ3n) is 8.04. The van der Waals surface area contributed by atoms with E-state index < -0.39 is 5.60 Å². The number of nitrogens with one attached hydrogen (secondary N) is 1. The van der Waals surface area contributed by atoms with E-state index in [-0.39, 0.29) is 5.91 Å². The van der Waals surface area contributed by atoms with Gasteiger partial charge in [-0.2, -0.15) is 0 Å². The minimum absolute atomic E-state index is 0.201. The lowest BCUT2D eigenvalue weighted by Crippen LogP contribution is -2.41. The summed E-state index contributed by atoms with van der Waals surface area (Å²) in [5, 5.41) is 15.4. The SMILES string of the molecule is COc1ccc(-c2nc(NC(=O)c3ccc(CN4CCC(C)(O)CC4)cc3)cc3c4ccccc4n(C)c23)cc1. The number of rotatable bonds is 6. The number of nitrogens with zero attached hydrogens (tertiary/aromatic N) is 3. The molecule has 2 aromatic heterocycles. The molecule has 0 saturated carbocycles. The van der Waals surface area contributed by atoms with Crippen LogP contribution in [0.1, 0.15) is 35.7 Å². The third-order valence-corrected chi connectivity index (χ3v) is 8.04. The van der Waals surface area contributed by atoms with E-state index >= 15 is 0 Å². The van der Waals surface area contributed by atoms with Gasteiger partial charge in [-0.25, -0.2) is 4.98 Å². The zero-order chi connectivity index (χ0) is 27.9. The predicted octanol–water partition coefficient (Wildman–Crippen LogP) is 6.00. The fourth-order valence-electron chi connectivity index (χ4n) is 5.61. The van der Waals surface area contributed by atoms with Crippen molar-refractivity contribution < 1.29 is 14.6 Å². The van der Waals surface area contributed by atoms with E-state index in [1.54, 1.807) is 7.11 Å². The fraction of sp³-hybridized carbons (Fsp3) is 0.273. The number of methoxy groups -OCH3 is 1. The highest BCUT2D eigenvalue weighted by atomic mass is 16.5. The Kier molecular flexibility index (Phi) is 6.78. The van der Waals surface area contributed by atoms with Crippen molar-refractivity contribution in [3.8, 4) is 17.0 Å². The van der Waals surface area contributed by atoms with Gasteiger partial charge in [0, 0.05) is 54.1 Å². The number of benzene rings is 3. The summed E-state index contributed by atoms with van der Waals surface area (Å²) in [5.74, 6) is 1.08. The molecule has 0 bridgehead atoms. The largest absolute Gasteiger partial charge is 0.497 e. The second-order valence-electron chi connectivity index (χ2n) is 11.0. The first-order chi connectivity index (χ1) is 19.3. The Bertz CT molecular complexity index is 1680. The number of aromatic nitrogens is 2. The van der Waals surface area contributed by atoms with Crippen LogP contribution in [0.4, 0.5) is 5.82 Å². The summed E-state index contributed by atoms with van der Waals surface area (Å²) in [7, 11) is 3.70. The van der Waals surface area contributed by atoms with Gasteiger partial charge in [0.25, 0.3) is 5.91 Å². The summed E-state index contributed by atoms with van der Waals surface area (Å²) in [6.45, 7) is 4.45. The summed E-state index contributed by atoms with van der Waals surface area (Å²) in [6.07, 6.45) is 1.56. The topological polar surface area (TPSA) is 79.6 Å². The predicted molar refractivity (Wildman–Crippen MR) is 160 cm³/mol. The molecule has 1 aliphatic rings. The van der Waals surface area contributed by atoms with Crippen LogP contribution in [0.5, 0.6) is 5.75 Å². The zero-order valence-corrected chi connectivity index (χ0v) is 23.1. The molecule has 1 fully saturated rings. The van der Waals surface area contributed by atoms with Crippen molar-refractivity contribution in [2.75, 3.05) is 25.5 Å². The van der Waals surface area contributed by atoms with E-state index in [4.69, 9.17) is 9.72 Å². The molecule has 1 amide bonds. The normalized spacial score (nSPS) is 15.4. The molecule has 0 atom stereocenters. The van der Waals surface area contributed by atoms with Crippen LogP contribution < -0.4 is 10.1 Å². The second-order valence-corrected chi connectivity index (χ2v) is 11.0. The first-order valence-electron chi connectivity index (χ1n) is 13.7. The van der Waals surface area contributed by atoms with Crippen molar-refractivity contribution in [1.82, 2.24) is 14.5 Å². The number of carbonyl (C=O) groups excluding carboxylic acids is 1. The number of hydrogen-bond donors (Lipinski definition) is 2. The Morgan fingerprint density at radius 3 is 2.40 bits per heavy atom. The fourth-order valence-corrected chi connectivity index (χ4v) is 5.61. The highest BCUT2D eigenvalue weighted by Crippen LogP contribution is 2.36. The van der Waals surface area contributed by atoms with Crippen molar-refractivity contribution in [2.45, 2.75) is 31.9 Å². The Balaban J connectivity index is 1.29. The van der Waals surface area contributed by atoms with Gasteiger partial charge in [-0.3, -0.25) is 9.69 Å². The van der Waals surface area contributed by atoms with Gasteiger partial charge < -0.3 is 19.7 Å². The first-order valence-corrected chi connectivity index (χ1v) is 13.7. The number of amides is 1. The molecule has 1 aliphatic heterocycles. The minimum Gasteiger partial charge on any atom is -0.497 e. The second kappa shape index (κ2) is 10.4. The lowest BCUT2D eigenvalue weighted by atomic mass is 9.93. The van der Waals surface area contributed by atoms with Crippen molar-refractivity contribution in [2.24, 2.45) is 7.05 Å². The summed E-state index contributed by atoms with van der Waals surface area (Å²) in [6, 6.07) is 25.8. The summed E-state index contributed by atoms with van der Waals surface area (Å²) in [5.41, 5.74) is 5.01. The van der Waals surface area contributed by atoms with Crippen molar-refractivity contribution in [1.29, 1.82) is 0 Å². The minimum atomic E-state index is -0.561. The van der Waals surface area contributed by atoms with E-state index in [2.05, 4.69) is 26.9 Å². The van der Waals surface area contributed by atoms with Crippen LogP contribution in [-0.2, 0) is 13.6 Å². The molecule has 6 rings (SSSR count). The molecule has 0 unspecified atom stereocenters. The molecule has 0 spiro atoms. The molecule has 3 aromatic carbocycles. The van der Waals surface area contributed by atoms with Crippen LogP contribution in [0.3, 0.4) is 0 Å². The van der Waals surface area contributed by atoms with Crippen LogP contribution in [0.15, 0.2) is 78.9 Å². The maximum Gasteiger partial charge on any atom is 0.256 e. The molecule has 2 N–H and O–H groups in total. The van der Waals surface area contributed by atoms with Crippen molar-refractivity contribution in [3.63, 3.8) is 0 Å². The molecule has 1 saturated heterocycles. The van der Waals surface area contributed by atoms with Crippen LogP contribution in [0.2, 0.25) is 0 Å². The number of fused-ring (bicyclic) bond motifs is 3. The maximum absolute atomic E-state index is 13.3. The third kappa shape index (κ3) is 5.06. The van der Waals surface area contributed by atoms with Gasteiger partial charge in [0.2, 0.25) is 0 Å². The van der Waals surface area contributed by atoms with E-state index in [1.165, 1.54) is 0 Å². The quantitative estimate of drug-likeness (QED) is 0.279. The number of hydrogen-bond acceptors (Lipinski definition) is 5. The van der Waals surface area contributed by atoms with E-state index in [9.17, 15) is 9.90 Å². The molecular formula is C33H34N4O3. The van der Waals surface area contributed by atoms with Gasteiger partial charge in [-0.05, 0) is 73.9 Å². The standard InChI is InChI=1S/C33H34N4O3/c1-33(39)16-18-37(19-17-33)21-22-8-10-24(11-9-22)32(38)35-29-20-27-26-6-4-5-7-28(26)36(2)31(27)30(34-29)23-12-14-25(40-3)15-13-23/h4-15,20,39H,16-19,21H2,1-3H3,(H,34,35,38). The smallest absolute Gasteiger partial charge is 0.256 e. The zero-order valence-electron chi connectivity index (χ0n) is 23.1. The molecule has 5 aromatic rings. The summed E-state index contributed by atoms with van der Waals surface area (Å²) < 4.78 is 7.51. The molecule has 7 nitrogen and oxygen atoms in total. The average molecular weight is 535 g/mol. The van der Waals surface area contributed by atoms with Crippen LogP contribution in [0.25, 0.3) is 33.1 Å². The van der Waals surface area contributed by atoms with Gasteiger partial charge in [0.05, 0.1) is 23.9 Å². The molecule has 0 aliphatic carbocycles. The van der Waals surface area contributed by atoms with E-state index in [0.717, 1.165) is 76.9 Å². The number of likely N-dealkylation sites (tertiary alicyclic amines) is 1. The highest BCUT2D eigenvalue weighted by Gasteiger charge is 2.27. The number of aryl methyl sites for hydroxylation is 1. The number of anilines is 1. The lowest BCUT2D eigenvalue weighted by Gasteiger charge is -2.35. The highest BCUT2D eigenvalue weighted by molar-refractivity contribution is 6.14. The molecule has 7 heteroatoms. The van der Waals surface area contributed by atoms with E-state index in [0.29, 0.717) is 11.4 Å². The van der Waals surface area contributed by atoms with Crippen molar-refractivity contribution >= 4 is 33.5 Å². The van der Waals surface area contributed by atoms with Gasteiger partial charge in [-0.1, -0.05) is 30.3 Å². The molecule has 3 heterocycles. The first kappa shape index (κ1) is 26.0. The number of aliphatic hydroxyl groups is 1. The van der Waals surface area contributed by atoms with Gasteiger partial charge in [-0.15, -0.1) is 0 Å². The van der Waals surface area contributed by atoms with Crippen LogP contribution in [-0.4, -0.2) is 51.3 Å². The number of ether oxygens (including phenoxy) is 1. The number of piperidine rings is 1. The van der Waals surface area contributed by atoms with Crippen molar-refractivity contribution in [3.05, 3.63) is 90.0 Å². The Hall–Kier alpha value is -4.20. The van der Waals surface area contributed by atoms with E-state index in [1.807, 2.05) is 80.7 Å². The Labute approximate surface area is 234 Å². The average Bonchev–Trinajstić information content (AvgIpc) is 3.26. The summed E-state index contributed by atoms with van der Waals surface area (Å²) >= 11 is 0.